The van der Waals surface area contributed by atoms with Crippen molar-refractivity contribution in [3.63, 3.8) is 0 Å². The fraction of sp³-hybridized carbons (Fsp3) is 0.200. The van der Waals surface area contributed by atoms with Gasteiger partial charge in [0, 0.05) is 28.3 Å². The van der Waals surface area contributed by atoms with Gasteiger partial charge in [0.25, 0.3) is 5.91 Å². The van der Waals surface area contributed by atoms with Gasteiger partial charge in [0.05, 0.1) is 6.04 Å². The summed E-state index contributed by atoms with van der Waals surface area (Å²) < 4.78 is 6.36. The molecule has 1 saturated heterocycles. The highest BCUT2D eigenvalue weighted by molar-refractivity contribution is 6.30. The number of carbonyl (C=O) groups is 2. The van der Waals surface area contributed by atoms with E-state index >= 15 is 0 Å². The van der Waals surface area contributed by atoms with Gasteiger partial charge in [-0.05, 0) is 56.3 Å². The zero-order valence-electron chi connectivity index (χ0n) is 17.2. The van der Waals surface area contributed by atoms with E-state index in [1.807, 2.05) is 62.4 Å². The monoisotopic (exact) mass is 432 g/mol. The fourth-order valence-corrected chi connectivity index (χ4v) is 4.57. The summed E-state index contributed by atoms with van der Waals surface area (Å²) in [6, 6.07) is 21.0. The van der Waals surface area contributed by atoms with Crippen molar-refractivity contribution in [3.05, 3.63) is 94.5 Å². The molecule has 0 aromatic heterocycles. The number of anilines is 1. The minimum atomic E-state index is -0.915. The molecule has 0 spiro atoms. The quantitative estimate of drug-likeness (QED) is 0.501. The molecule has 0 aliphatic carbocycles. The lowest BCUT2D eigenvalue weighted by molar-refractivity contribution is 0.00268. The van der Waals surface area contributed by atoms with Crippen LogP contribution in [0, 0.1) is 6.92 Å². The zero-order chi connectivity index (χ0) is 21.8. The van der Waals surface area contributed by atoms with Gasteiger partial charge < -0.3 is 4.74 Å². The lowest BCUT2D eigenvalue weighted by Gasteiger charge is -2.53. The van der Waals surface area contributed by atoms with Crippen molar-refractivity contribution in [2.24, 2.45) is 0 Å². The van der Waals surface area contributed by atoms with E-state index in [1.165, 1.54) is 4.90 Å². The summed E-state index contributed by atoms with van der Waals surface area (Å²) in [5.41, 5.74) is 2.10. The summed E-state index contributed by atoms with van der Waals surface area (Å²) in [7, 11) is 0. The number of hydrogen-bond donors (Lipinski definition) is 0. The smallest absolute Gasteiger partial charge is 0.335 e. The van der Waals surface area contributed by atoms with Gasteiger partial charge in [0.2, 0.25) is 0 Å². The van der Waals surface area contributed by atoms with Crippen LogP contribution in [0.5, 0.6) is 5.75 Å². The molecule has 2 heterocycles. The van der Waals surface area contributed by atoms with E-state index in [0.29, 0.717) is 28.4 Å². The van der Waals surface area contributed by atoms with E-state index in [0.717, 1.165) is 11.1 Å². The van der Waals surface area contributed by atoms with E-state index < -0.39 is 17.8 Å². The number of para-hydroxylation sites is 1. The third kappa shape index (κ3) is 3.17. The number of aryl methyl sites for hydroxylation is 1. The number of hydrogen-bond acceptors (Lipinski definition) is 3. The second kappa shape index (κ2) is 7.13. The van der Waals surface area contributed by atoms with Crippen LogP contribution in [-0.4, -0.2) is 22.6 Å². The predicted octanol–water partition coefficient (Wildman–Crippen LogP) is 5.97. The van der Waals surface area contributed by atoms with Crippen LogP contribution in [0.3, 0.4) is 0 Å². The second-order valence-corrected chi connectivity index (χ2v) is 8.61. The highest BCUT2D eigenvalue weighted by Gasteiger charge is 2.55. The molecule has 2 bridgehead atoms. The molecule has 0 unspecified atom stereocenters. The van der Waals surface area contributed by atoms with Crippen LogP contribution in [-0.2, 0) is 0 Å². The molecule has 3 amide bonds. The highest BCUT2D eigenvalue weighted by atomic mass is 35.5. The number of benzene rings is 3. The van der Waals surface area contributed by atoms with Gasteiger partial charge in [0.15, 0.2) is 5.72 Å². The topological polar surface area (TPSA) is 49.9 Å². The first-order valence-corrected chi connectivity index (χ1v) is 10.5. The number of amides is 3. The van der Waals surface area contributed by atoms with Gasteiger partial charge in [-0.3, -0.25) is 14.6 Å². The molecule has 3 aromatic carbocycles. The van der Waals surface area contributed by atoms with Crippen LogP contribution in [0.1, 0.15) is 40.9 Å². The average Bonchev–Trinajstić information content (AvgIpc) is 2.75. The Balaban J connectivity index is 1.66. The zero-order valence-corrected chi connectivity index (χ0v) is 18.0. The SMILES string of the molecule is Cc1ccc(N2C(=O)N(C(=O)c3ccc(Cl)cc3)[C@@H]3C[C@]2(C)Oc2ccccc23)cc1. The normalized spacial score (nSPS) is 22.0. The summed E-state index contributed by atoms with van der Waals surface area (Å²) in [6.45, 7) is 3.89. The fourth-order valence-electron chi connectivity index (χ4n) is 4.44. The molecule has 3 aromatic rings. The maximum Gasteiger partial charge on any atom is 0.335 e. The van der Waals surface area contributed by atoms with Crippen LogP contribution in [0.4, 0.5) is 10.5 Å². The second-order valence-electron chi connectivity index (χ2n) is 8.17. The van der Waals surface area contributed by atoms with Crippen LogP contribution in [0.15, 0.2) is 72.8 Å². The number of rotatable bonds is 2. The molecule has 0 radical (unpaired) electrons. The van der Waals surface area contributed by atoms with Gasteiger partial charge in [-0.25, -0.2) is 4.79 Å². The van der Waals surface area contributed by atoms with Crippen molar-refractivity contribution in [2.45, 2.75) is 32.0 Å². The molecule has 0 saturated carbocycles. The summed E-state index contributed by atoms with van der Waals surface area (Å²) in [4.78, 5) is 30.4. The Labute approximate surface area is 185 Å². The van der Waals surface area contributed by atoms with E-state index in [9.17, 15) is 9.59 Å². The number of nitrogens with zero attached hydrogens (tertiary/aromatic N) is 2. The maximum atomic E-state index is 13.8. The first kappa shape index (κ1) is 19.6. The van der Waals surface area contributed by atoms with E-state index in [1.54, 1.807) is 29.2 Å². The third-order valence-electron chi connectivity index (χ3n) is 5.96. The Morgan fingerprint density at radius 2 is 1.71 bits per heavy atom. The molecular formula is C25H21ClN2O3. The lowest BCUT2D eigenvalue weighted by atomic mass is 9.88. The molecule has 2 aliphatic heterocycles. The minimum Gasteiger partial charge on any atom is -0.467 e. The molecule has 5 nitrogen and oxygen atoms in total. The van der Waals surface area contributed by atoms with Crippen molar-refractivity contribution >= 4 is 29.2 Å². The number of imide groups is 1. The Bertz CT molecular complexity index is 1180. The van der Waals surface area contributed by atoms with Gasteiger partial charge in [-0.2, -0.15) is 0 Å². The number of carbonyl (C=O) groups excluding carboxylic acids is 2. The largest absolute Gasteiger partial charge is 0.467 e. The molecule has 0 N–H and O–H groups in total. The third-order valence-corrected chi connectivity index (χ3v) is 6.22. The standard InChI is InChI=1S/C25H21ClN2O3/c1-16-7-13-19(14-8-16)28-24(30)27(23(29)17-9-11-18(26)12-10-17)21-15-25(28,2)31-22-6-4-3-5-20(21)22/h3-14,21H,15H2,1-2H3/t21-,25+/m1/s1. The Morgan fingerprint density at radius 1 is 1.03 bits per heavy atom. The summed E-state index contributed by atoms with van der Waals surface area (Å²) in [5.74, 6) is 0.322. The van der Waals surface area contributed by atoms with Gasteiger partial charge in [0.1, 0.15) is 5.75 Å². The van der Waals surface area contributed by atoms with Crippen LogP contribution >= 0.6 is 11.6 Å². The number of fused-ring (bicyclic) bond motifs is 4. The lowest BCUT2D eigenvalue weighted by Crippen LogP contribution is -2.67. The van der Waals surface area contributed by atoms with Gasteiger partial charge >= 0.3 is 6.03 Å². The molecular weight excluding hydrogens is 412 g/mol. The van der Waals surface area contributed by atoms with Crippen molar-refractivity contribution in [2.75, 3.05) is 4.90 Å². The van der Waals surface area contributed by atoms with Crippen LogP contribution < -0.4 is 9.64 Å². The average molecular weight is 433 g/mol. The molecule has 2 aliphatic rings. The summed E-state index contributed by atoms with van der Waals surface area (Å²) in [6.07, 6.45) is 0.461. The highest BCUT2D eigenvalue weighted by Crippen LogP contribution is 2.49. The number of ether oxygens (including phenoxy) is 1. The molecule has 2 atom stereocenters. The Morgan fingerprint density at radius 3 is 2.42 bits per heavy atom. The van der Waals surface area contributed by atoms with E-state index in [2.05, 4.69) is 0 Å². The number of urea groups is 1. The van der Waals surface area contributed by atoms with Crippen LogP contribution in [0.25, 0.3) is 0 Å². The minimum absolute atomic E-state index is 0.359. The van der Waals surface area contributed by atoms with Crippen molar-refractivity contribution in [3.8, 4) is 5.75 Å². The van der Waals surface area contributed by atoms with Crippen molar-refractivity contribution in [1.29, 1.82) is 0 Å². The Kier molecular flexibility index (Phi) is 4.52. The van der Waals surface area contributed by atoms with Gasteiger partial charge in [-0.15, -0.1) is 0 Å². The van der Waals surface area contributed by atoms with Crippen molar-refractivity contribution < 1.29 is 14.3 Å². The Hall–Kier alpha value is -3.31. The molecule has 5 rings (SSSR count). The van der Waals surface area contributed by atoms with Crippen LogP contribution in [0.2, 0.25) is 5.02 Å². The first-order chi connectivity index (χ1) is 14.9. The maximum absolute atomic E-state index is 13.8. The predicted molar refractivity (Wildman–Crippen MR) is 120 cm³/mol. The first-order valence-electron chi connectivity index (χ1n) is 10.2. The van der Waals surface area contributed by atoms with Gasteiger partial charge in [-0.1, -0.05) is 47.5 Å². The summed E-state index contributed by atoms with van der Waals surface area (Å²) >= 11 is 6.00. The van der Waals surface area contributed by atoms with E-state index in [-0.39, 0.29) is 5.91 Å². The molecule has 6 heteroatoms. The molecule has 1 fully saturated rings. The molecule has 31 heavy (non-hydrogen) atoms. The number of halogens is 1. The van der Waals surface area contributed by atoms with Crippen molar-refractivity contribution in [1.82, 2.24) is 4.90 Å². The van der Waals surface area contributed by atoms with E-state index in [4.69, 9.17) is 16.3 Å². The summed E-state index contributed by atoms with van der Waals surface area (Å²) in [5, 5.41) is 0.534. The molecule has 156 valence electrons.